The maximum absolute atomic E-state index is 12.1. The summed E-state index contributed by atoms with van der Waals surface area (Å²) in [5.41, 5.74) is 10.7. The zero-order chi connectivity index (χ0) is 16.0. The molecule has 2 atom stereocenters. The van der Waals surface area contributed by atoms with E-state index in [2.05, 4.69) is 20.7 Å². The lowest BCUT2D eigenvalue weighted by atomic mass is 9.96. The molecule has 10 heteroatoms. The number of primary amides is 1. The van der Waals surface area contributed by atoms with E-state index in [1.165, 1.54) is 0 Å². The molecule has 0 fully saturated rings. The third-order valence-corrected chi connectivity index (χ3v) is 2.82. The van der Waals surface area contributed by atoms with Crippen LogP contribution in [0.4, 0.5) is 4.79 Å². The molecule has 5 N–H and O–H groups in total. The van der Waals surface area contributed by atoms with Gasteiger partial charge in [-0.3, -0.25) is 9.59 Å². The highest BCUT2D eigenvalue weighted by Gasteiger charge is 2.26. The maximum Gasteiger partial charge on any atom is 0.360 e. The Kier molecular flexibility index (Phi) is 5.91. The van der Waals surface area contributed by atoms with Gasteiger partial charge in [-0.25, -0.2) is 4.79 Å². The van der Waals surface area contributed by atoms with Crippen molar-refractivity contribution in [2.75, 3.05) is 6.54 Å². The summed E-state index contributed by atoms with van der Waals surface area (Å²) in [6, 6.07) is -1.38. The molecule has 0 aliphatic rings. The second kappa shape index (κ2) is 7.43. The fourth-order valence-corrected chi connectivity index (χ4v) is 1.59. The van der Waals surface area contributed by atoms with Crippen LogP contribution in [0.5, 0.6) is 0 Å². The number of hydrogen-bond acceptors (Lipinski definition) is 7. The minimum Gasteiger partial charge on any atom is -0.370 e. The Morgan fingerprint density at radius 2 is 2.05 bits per heavy atom. The van der Waals surface area contributed by atoms with Crippen LogP contribution < -0.4 is 16.8 Å². The lowest BCUT2D eigenvalue weighted by molar-refractivity contribution is -0.122. The van der Waals surface area contributed by atoms with Crippen molar-refractivity contribution in [3.05, 3.63) is 5.82 Å². The fraction of sp³-hybridized carbons (Fsp3) is 0.636. The molecular weight excluding hydrogens is 278 g/mol. The van der Waals surface area contributed by atoms with Gasteiger partial charge >= 0.3 is 6.03 Å². The zero-order valence-corrected chi connectivity index (χ0v) is 11.9. The number of Topliss-reactive ketones (excluding diaryl/α,β-unsaturated/α-hetero) is 1. The molecular formula is C11H19N7O3. The molecule has 0 aromatic carbocycles. The van der Waals surface area contributed by atoms with Crippen LogP contribution in [0.15, 0.2) is 0 Å². The highest BCUT2D eigenvalue weighted by molar-refractivity contribution is 5.89. The van der Waals surface area contributed by atoms with Gasteiger partial charge < -0.3 is 16.8 Å². The van der Waals surface area contributed by atoms with Gasteiger partial charge in [0.25, 0.3) is 0 Å². The van der Waals surface area contributed by atoms with Crippen LogP contribution in [-0.4, -0.2) is 50.5 Å². The average molecular weight is 297 g/mol. The van der Waals surface area contributed by atoms with Crippen molar-refractivity contribution < 1.29 is 14.4 Å². The first-order valence-electron chi connectivity index (χ1n) is 6.52. The Balaban J connectivity index is 2.70. The van der Waals surface area contributed by atoms with Gasteiger partial charge in [0.1, 0.15) is 0 Å². The van der Waals surface area contributed by atoms with Crippen LogP contribution in [0.1, 0.15) is 38.4 Å². The Morgan fingerprint density at radius 3 is 2.62 bits per heavy atom. The number of aromatic nitrogens is 4. The minimum atomic E-state index is -0.844. The van der Waals surface area contributed by atoms with Gasteiger partial charge in [-0.2, -0.15) is 0 Å². The van der Waals surface area contributed by atoms with Crippen LogP contribution in [0.25, 0.3) is 0 Å². The summed E-state index contributed by atoms with van der Waals surface area (Å²) in [6.45, 7) is 3.73. The lowest BCUT2D eigenvalue weighted by Gasteiger charge is -2.12. The van der Waals surface area contributed by atoms with Crippen molar-refractivity contribution in [1.82, 2.24) is 25.5 Å². The Morgan fingerprint density at radius 1 is 1.38 bits per heavy atom. The number of amides is 2. The highest BCUT2D eigenvalue weighted by Crippen LogP contribution is 2.13. The number of nitrogens with one attached hydrogen (secondary N) is 1. The SMILES string of the molecule is CCNC(=O)n1nnc(C(C)C(=O)[C@@H](N)CCC(N)=O)n1. The molecule has 21 heavy (non-hydrogen) atoms. The van der Waals surface area contributed by atoms with E-state index >= 15 is 0 Å². The molecule has 1 aromatic heterocycles. The summed E-state index contributed by atoms with van der Waals surface area (Å²) in [5, 5.41) is 13.6. The topological polar surface area (TPSA) is 159 Å². The minimum absolute atomic E-state index is 0.0264. The quantitative estimate of drug-likeness (QED) is 0.553. The summed E-state index contributed by atoms with van der Waals surface area (Å²) in [6.07, 6.45) is 0.182. The highest BCUT2D eigenvalue weighted by atomic mass is 16.2. The summed E-state index contributed by atoms with van der Waals surface area (Å²) < 4.78 is 0. The van der Waals surface area contributed by atoms with Gasteiger partial charge in [0.05, 0.1) is 12.0 Å². The van der Waals surface area contributed by atoms with Gasteiger partial charge in [-0.1, -0.05) is 4.80 Å². The molecule has 10 nitrogen and oxygen atoms in total. The maximum atomic E-state index is 12.1. The van der Waals surface area contributed by atoms with Crippen LogP contribution in [0.2, 0.25) is 0 Å². The predicted molar refractivity (Wildman–Crippen MR) is 72.1 cm³/mol. The van der Waals surface area contributed by atoms with Gasteiger partial charge in [-0.15, -0.1) is 10.2 Å². The lowest BCUT2D eigenvalue weighted by Crippen LogP contribution is -2.35. The van der Waals surface area contributed by atoms with E-state index in [-0.39, 0.29) is 24.4 Å². The van der Waals surface area contributed by atoms with Crippen molar-refractivity contribution in [3.8, 4) is 0 Å². The number of nitrogens with zero attached hydrogens (tertiary/aromatic N) is 4. The first-order valence-corrected chi connectivity index (χ1v) is 6.52. The molecule has 1 heterocycles. The normalized spacial score (nSPS) is 13.5. The zero-order valence-electron chi connectivity index (χ0n) is 11.9. The Bertz CT molecular complexity index is 528. The van der Waals surface area contributed by atoms with Gasteiger partial charge in [-0.05, 0) is 25.5 Å². The molecule has 0 spiro atoms. The van der Waals surface area contributed by atoms with E-state index < -0.39 is 23.9 Å². The van der Waals surface area contributed by atoms with Gasteiger partial charge in [0.15, 0.2) is 11.6 Å². The molecule has 0 radical (unpaired) electrons. The third-order valence-electron chi connectivity index (χ3n) is 2.82. The number of hydrogen-bond donors (Lipinski definition) is 3. The van der Waals surface area contributed by atoms with Crippen molar-refractivity contribution in [2.24, 2.45) is 11.5 Å². The number of rotatable bonds is 7. The molecule has 0 saturated carbocycles. The van der Waals surface area contributed by atoms with E-state index in [4.69, 9.17) is 11.5 Å². The summed E-state index contributed by atoms with van der Waals surface area (Å²) >= 11 is 0. The van der Waals surface area contributed by atoms with E-state index in [1.807, 2.05) is 0 Å². The van der Waals surface area contributed by atoms with Crippen molar-refractivity contribution in [2.45, 2.75) is 38.6 Å². The van der Waals surface area contributed by atoms with E-state index in [0.717, 1.165) is 4.80 Å². The monoisotopic (exact) mass is 297 g/mol. The predicted octanol–water partition coefficient (Wildman–Crippen LogP) is -1.48. The summed E-state index contributed by atoms with van der Waals surface area (Å²) in [7, 11) is 0. The second-order valence-corrected chi connectivity index (χ2v) is 4.51. The Labute approximate surface area is 121 Å². The first kappa shape index (κ1) is 16.7. The van der Waals surface area contributed by atoms with Crippen LogP contribution >= 0.6 is 0 Å². The molecule has 1 unspecified atom stereocenters. The van der Waals surface area contributed by atoms with Crippen molar-refractivity contribution >= 4 is 17.7 Å². The molecule has 2 amide bonds. The van der Waals surface area contributed by atoms with Crippen LogP contribution in [0, 0.1) is 0 Å². The van der Waals surface area contributed by atoms with E-state index in [0.29, 0.717) is 6.54 Å². The number of carbonyl (C=O) groups excluding carboxylic acids is 3. The van der Waals surface area contributed by atoms with E-state index in [9.17, 15) is 14.4 Å². The van der Waals surface area contributed by atoms with Crippen molar-refractivity contribution in [1.29, 1.82) is 0 Å². The second-order valence-electron chi connectivity index (χ2n) is 4.51. The molecule has 0 bridgehead atoms. The van der Waals surface area contributed by atoms with Crippen LogP contribution in [0.3, 0.4) is 0 Å². The van der Waals surface area contributed by atoms with Gasteiger partial charge in [0.2, 0.25) is 5.91 Å². The average Bonchev–Trinajstić information content (AvgIpc) is 2.93. The molecule has 1 aromatic rings. The number of tetrazole rings is 1. The van der Waals surface area contributed by atoms with Crippen molar-refractivity contribution in [3.63, 3.8) is 0 Å². The molecule has 0 aliphatic carbocycles. The summed E-state index contributed by atoms with van der Waals surface area (Å²) in [4.78, 5) is 35.0. The standard InChI is InChI=1S/C11H19N7O3/c1-3-14-11(21)18-16-10(15-17-18)6(2)9(20)7(12)4-5-8(13)19/h6-7H,3-5,12H2,1-2H3,(H2,13,19)(H,14,21)/t6?,7-/m0/s1. The van der Waals surface area contributed by atoms with E-state index in [1.54, 1.807) is 13.8 Å². The number of nitrogens with two attached hydrogens (primary N) is 2. The third kappa shape index (κ3) is 4.60. The first-order chi connectivity index (χ1) is 9.86. The largest absolute Gasteiger partial charge is 0.370 e. The molecule has 1 rings (SSSR count). The summed E-state index contributed by atoms with van der Waals surface area (Å²) in [5.74, 6) is -1.49. The molecule has 0 saturated heterocycles. The van der Waals surface area contributed by atoms with Crippen LogP contribution in [-0.2, 0) is 9.59 Å². The smallest absolute Gasteiger partial charge is 0.360 e. The van der Waals surface area contributed by atoms with Gasteiger partial charge in [0, 0.05) is 13.0 Å². The number of ketones is 1. The molecule has 116 valence electrons. The number of carbonyl (C=O) groups is 3. The fourth-order valence-electron chi connectivity index (χ4n) is 1.59. The molecule has 0 aliphatic heterocycles. The Hall–Kier alpha value is -2.36.